The van der Waals surface area contributed by atoms with Crippen molar-refractivity contribution in [2.24, 2.45) is 0 Å². The Morgan fingerprint density at radius 3 is 1.55 bits per heavy atom. The molecule has 0 bridgehead atoms. The molecule has 0 saturated heterocycles. The van der Waals surface area contributed by atoms with Crippen LogP contribution in [0.2, 0.25) is 0 Å². The zero-order chi connectivity index (χ0) is 37.7. The Bertz CT molecular complexity index is 2850. The molecule has 4 heteroatoms. The molecule has 56 heavy (non-hydrogen) atoms. The van der Waals surface area contributed by atoms with Crippen molar-refractivity contribution in [2.45, 2.75) is 5.92 Å². The van der Waals surface area contributed by atoms with Gasteiger partial charge in [0.05, 0.1) is 0 Å². The number of fused-ring (bicyclic) bond motifs is 1. The van der Waals surface area contributed by atoms with Crippen LogP contribution < -0.4 is 10.6 Å². The monoisotopic (exact) mass is 719 g/mol. The van der Waals surface area contributed by atoms with Crippen LogP contribution in [0.25, 0.3) is 79.5 Å². The predicted octanol–water partition coefficient (Wildman–Crippen LogP) is 11.5. The van der Waals surface area contributed by atoms with E-state index in [4.69, 9.17) is 19.4 Å². The van der Waals surface area contributed by atoms with E-state index < -0.39 is 0 Å². The number of rotatable bonds is 9. The second kappa shape index (κ2) is 15.5. The highest BCUT2D eigenvalue weighted by atomic mass is 16.3. The standard InChI is InChI=1S/C52H37N3O/c1-2-18-47-46(35-45(39-33-31-37(32-34-39)36-19-7-3-8-20-36)43-28-16-15-27-42(43)38-21-9-4-10-22-38)49-44(29-17-30-48(49)56-47)52-54-50(40-23-11-5-12-24-40)53-51(55-52)41-25-13-6-14-26-41/h2-35,45H,1H2/b46-35+,47-18+. The van der Waals surface area contributed by atoms with E-state index in [-0.39, 0.29) is 5.92 Å². The highest BCUT2D eigenvalue weighted by Crippen LogP contribution is 2.36. The molecule has 1 atom stereocenters. The Balaban J connectivity index is 1.31. The summed E-state index contributed by atoms with van der Waals surface area (Å²) in [6, 6.07) is 64.9. The normalized spacial score (nSPS) is 12.5. The van der Waals surface area contributed by atoms with Crippen molar-refractivity contribution in [1.82, 2.24) is 15.0 Å². The Morgan fingerprint density at radius 1 is 0.446 bits per heavy atom. The summed E-state index contributed by atoms with van der Waals surface area (Å²) in [5.74, 6) is 1.62. The van der Waals surface area contributed by atoms with Crippen molar-refractivity contribution in [3.63, 3.8) is 0 Å². The van der Waals surface area contributed by atoms with Gasteiger partial charge in [-0.15, -0.1) is 0 Å². The summed E-state index contributed by atoms with van der Waals surface area (Å²) in [5, 5.41) is 1.87. The van der Waals surface area contributed by atoms with E-state index in [2.05, 4.69) is 122 Å². The number of allylic oxidation sites excluding steroid dienone is 1. The lowest BCUT2D eigenvalue weighted by Crippen LogP contribution is -2.22. The smallest absolute Gasteiger partial charge is 0.164 e. The van der Waals surface area contributed by atoms with Gasteiger partial charge in [-0.1, -0.05) is 201 Å². The summed E-state index contributed by atoms with van der Waals surface area (Å²) < 4.78 is 6.67. The molecule has 7 aromatic carbocycles. The maximum Gasteiger partial charge on any atom is 0.164 e. The SMILES string of the molecule is C=C/C=c1/oc2cccc(-c3nc(-c4ccccc4)nc(-c4ccccc4)n3)c2/c1=C/C(c1ccc(-c2ccccc2)cc1)c1ccccc1-c1ccccc1. The molecule has 4 nitrogen and oxygen atoms in total. The van der Waals surface area contributed by atoms with Gasteiger partial charge in [0.1, 0.15) is 11.0 Å². The average Bonchev–Trinajstić information content (AvgIpc) is 3.63. The first-order valence-electron chi connectivity index (χ1n) is 18.8. The van der Waals surface area contributed by atoms with E-state index in [1.54, 1.807) is 6.08 Å². The Labute approximate surface area is 326 Å². The van der Waals surface area contributed by atoms with Gasteiger partial charge < -0.3 is 4.42 Å². The molecule has 2 aromatic heterocycles. The molecular weight excluding hydrogens is 683 g/mol. The molecule has 0 aliphatic rings. The average molecular weight is 720 g/mol. The lowest BCUT2D eigenvalue weighted by molar-refractivity contribution is 0.575. The maximum absolute atomic E-state index is 6.67. The Kier molecular flexibility index (Phi) is 9.51. The summed E-state index contributed by atoms with van der Waals surface area (Å²) in [7, 11) is 0. The summed E-state index contributed by atoms with van der Waals surface area (Å²) >= 11 is 0. The molecule has 0 amide bonds. The molecular formula is C52H37N3O. The third-order valence-corrected chi connectivity index (χ3v) is 10.1. The van der Waals surface area contributed by atoms with Crippen molar-refractivity contribution < 1.29 is 4.42 Å². The zero-order valence-corrected chi connectivity index (χ0v) is 30.7. The number of nitrogens with zero attached hydrogens (tertiary/aromatic N) is 3. The van der Waals surface area contributed by atoms with E-state index in [1.165, 1.54) is 22.3 Å². The van der Waals surface area contributed by atoms with Crippen LogP contribution in [-0.4, -0.2) is 15.0 Å². The molecule has 9 aromatic rings. The molecule has 266 valence electrons. The van der Waals surface area contributed by atoms with Crippen LogP contribution in [0, 0.1) is 0 Å². The van der Waals surface area contributed by atoms with Crippen LogP contribution in [-0.2, 0) is 0 Å². The van der Waals surface area contributed by atoms with Crippen LogP contribution in [0.15, 0.2) is 205 Å². The van der Waals surface area contributed by atoms with E-state index in [0.29, 0.717) is 22.9 Å². The Morgan fingerprint density at radius 2 is 0.946 bits per heavy atom. The predicted molar refractivity (Wildman–Crippen MR) is 230 cm³/mol. The minimum Gasteiger partial charge on any atom is -0.456 e. The second-order valence-electron chi connectivity index (χ2n) is 13.6. The van der Waals surface area contributed by atoms with Crippen molar-refractivity contribution in [3.05, 3.63) is 222 Å². The van der Waals surface area contributed by atoms with Gasteiger partial charge in [-0.05, 0) is 45.5 Å². The van der Waals surface area contributed by atoms with Crippen molar-refractivity contribution in [2.75, 3.05) is 0 Å². The number of furan rings is 1. The fraction of sp³-hybridized carbons (Fsp3) is 0.0192. The molecule has 0 fully saturated rings. The molecule has 0 spiro atoms. The lowest BCUT2D eigenvalue weighted by Gasteiger charge is -2.19. The first kappa shape index (κ1) is 34.3. The summed E-state index contributed by atoms with van der Waals surface area (Å²) in [4.78, 5) is 15.2. The summed E-state index contributed by atoms with van der Waals surface area (Å²) in [6.45, 7) is 4.06. The molecule has 9 rings (SSSR count). The second-order valence-corrected chi connectivity index (χ2v) is 13.6. The van der Waals surface area contributed by atoms with Gasteiger partial charge in [0.15, 0.2) is 17.5 Å². The molecule has 0 N–H and O–H groups in total. The van der Waals surface area contributed by atoms with E-state index >= 15 is 0 Å². The first-order chi connectivity index (χ1) is 27.7. The minimum absolute atomic E-state index is 0.153. The van der Waals surface area contributed by atoms with E-state index in [9.17, 15) is 0 Å². The fourth-order valence-electron chi connectivity index (χ4n) is 7.40. The van der Waals surface area contributed by atoms with Crippen molar-refractivity contribution >= 4 is 23.1 Å². The highest BCUT2D eigenvalue weighted by Gasteiger charge is 2.21. The van der Waals surface area contributed by atoms with Gasteiger partial charge in [0, 0.05) is 33.2 Å². The van der Waals surface area contributed by atoms with Gasteiger partial charge in [0.25, 0.3) is 0 Å². The maximum atomic E-state index is 6.67. The van der Waals surface area contributed by atoms with Crippen LogP contribution in [0.1, 0.15) is 17.0 Å². The summed E-state index contributed by atoms with van der Waals surface area (Å²) in [5.41, 5.74) is 11.1. The molecule has 0 radical (unpaired) electrons. The number of aromatic nitrogens is 3. The largest absolute Gasteiger partial charge is 0.456 e. The highest BCUT2D eigenvalue weighted by molar-refractivity contribution is 5.94. The third kappa shape index (κ3) is 6.88. The van der Waals surface area contributed by atoms with E-state index in [1.807, 2.05) is 84.9 Å². The number of benzene rings is 7. The number of hydrogen-bond acceptors (Lipinski definition) is 4. The van der Waals surface area contributed by atoms with Gasteiger partial charge in [-0.2, -0.15) is 0 Å². The van der Waals surface area contributed by atoms with Crippen LogP contribution in [0.5, 0.6) is 0 Å². The summed E-state index contributed by atoms with van der Waals surface area (Å²) in [6.07, 6.45) is 6.05. The van der Waals surface area contributed by atoms with Gasteiger partial charge >= 0.3 is 0 Å². The molecule has 2 heterocycles. The lowest BCUT2D eigenvalue weighted by atomic mass is 9.84. The quantitative estimate of drug-likeness (QED) is 0.149. The first-order valence-corrected chi connectivity index (χ1v) is 18.8. The molecule has 1 unspecified atom stereocenters. The zero-order valence-electron chi connectivity index (χ0n) is 30.7. The molecule has 0 aliphatic heterocycles. The molecule has 0 aliphatic carbocycles. The van der Waals surface area contributed by atoms with Crippen molar-refractivity contribution in [1.29, 1.82) is 0 Å². The topological polar surface area (TPSA) is 51.8 Å². The minimum atomic E-state index is -0.153. The van der Waals surface area contributed by atoms with Crippen molar-refractivity contribution in [3.8, 4) is 56.4 Å². The van der Waals surface area contributed by atoms with Gasteiger partial charge in [-0.25, -0.2) is 15.0 Å². The molecule has 0 saturated carbocycles. The van der Waals surface area contributed by atoms with Crippen LogP contribution in [0.4, 0.5) is 0 Å². The number of hydrogen-bond donors (Lipinski definition) is 0. The Hall–Kier alpha value is -7.43. The van der Waals surface area contributed by atoms with Gasteiger partial charge in [-0.3, -0.25) is 0 Å². The third-order valence-electron chi connectivity index (χ3n) is 10.1. The van der Waals surface area contributed by atoms with Gasteiger partial charge in [0.2, 0.25) is 0 Å². The van der Waals surface area contributed by atoms with Crippen LogP contribution >= 0.6 is 0 Å². The fourth-order valence-corrected chi connectivity index (χ4v) is 7.40. The van der Waals surface area contributed by atoms with E-state index in [0.717, 1.165) is 44.0 Å². The van der Waals surface area contributed by atoms with Crippen LogP contribution in [0.3, 0.4) is 0 Å².